The molecule has 11 atom stereocenters. The number of aliphatic hydroxyl groups is 7. The highest BCUT2D eigenvalue weighted by Gasteiger charge is 2.52. The Labute approximate surface area is 238 Å². The molecule has 230 valence electrons. The van der Waals surface area contributed by atoms with Gasteiger partial charge in [0.2, 0.25) is 6.29 Å². The summed E-state index contributed by atoms with van der Waals surface area (Å²) in [6.07, 6.45) is -16.3. The summed E-state index contributed by atoms with van der Waals surface area (Å²) in [5.41, 5.74) is 0.549. The molecule has 0 radical (unpaired) electrons. The number of phenols is 3. The Morgan fingerprint density at radius 2 is 1.31 bits per heavy atom. The predicted octanol–water partition coefficient (Wildman–Crippen LogP) is -2.08. The van der Waals surface area contributed by atoms with E-state index in [9.17, 15) is 51.1 Å². The van der Waals surface area contributed by atoms with Crippen LogP contribution in [-0.4, -0.2) is 126 Å². The summed E-state index contributed by atoms with van der Waals surface area (Å²) in [4.78, 5) is 0. The Hall–Kier alpha value is -3.22. The summed E-state index contributed by atoms with van der Waals surface area (Å²) >= 11 is 0. The van der Waals surface area contributed by atoms with Gasteiger partial charge in [-0.05, 0) is 18.2 Å². The minimum absolute atomic E-state index is 0.0387. The molecule has 5 rings (SSSR count). The normalized spacial score (nSPS) is 36.5. The molecule has 15 nitrogen and oxygen atoms in total. The number of rotatable bonds is 7. The second-order valence-electron chi connectivity index (χ2n) is 10.1. The minimum atomic E-state index is -1.86. The second kappa shape index (κ2) is 12.2. The second-order valence-corrected chi connectivity index (χ2v) is 10.1. The van der Waals surface area contributed by atoms with E-state index in [1.807, 2.05) is 0 Å². The van der Waals surface area contributed by atoms with Crippen molar-refractivity contribution in [1.82, 2.24) is 0 Å². The van der Waals surface area contributed by atoms with Gasteiger partial charge in [-0.15, -0.1) is 0 Å². The number of hydrogen-bond donors (Lipinski definition) is 10. The topological polar surface area (TPSA) is 248 Å². The maximum absolute atomic E-state index is 11.0. The van der Waals surface area contributed by atoms with Crippen molar-refractivity contribution in [1.29, 1.82) is 0 Å². The van der Waals surface area contributed by atoms with Crippen LogP contribution in [0.3, 0.4) is 0 Å². The van der Waals surface area contributed by atoms with Gasteiger partial charge in [-0.25, -0.2) is 0 Å². The van der Waals surface area contributed by atoms with Crippen LogP contribution in [0.4, 0.5) is 0 Å². The molecule has 42 heavy (non-hydrogen) atoms. The van der Waals surface area contributed by atoms with Gasteiger partial charge in [-0.1, -0.05) is 12.1 Å². The summed E-state index contributed by atoms with van der Waals surface area (Å²) in [5.74, 6) is -0.636. The zero-order valence-corrected chi connectivity index (χ0v) is 21.8. The molecule has 2 fully saturated rings. The van der Waals surface area contributed by atoms with Gasteiger partial charge >= 0.3 is 0 Å². The largest absolute Gasteiger partial charge is 0.508 e. The van der Waals surface area contributed by atoms with Crippen molar-refractivity contribution in [2.24, 2.45) is 0 Å². The van der Waals surface area contributed by atoms with Crippen molar-refractivity contribution in [2.75, 3.05) is 13.2 Å². The molecule has 0 aromatic heterocycles. The Morgan fingerprint density at radius 1 is 0.690 bits per heavy atom. The predicted molar refractivity (Wildman–Crippen MR) is 137 cm³/mol. The molecule has 3 heterocycles. The monoisotopic (exact) mass is 596 g/mol. The number of aliphatic hydroxyl groups excluding tert-OH is 7. The van der Waals surface area contributed by atoms with E-state index >= 15 is 0 Å². The summed E-state index contributed by atoms with van der Waals surface area (Å²) in [5, 5.41) is 102. The lowest BCUT2D eigenvalue weighted by molar-refractivity contribution is -0.364. The van der Waals surface area contributed by atoms with Crippen molar-refractivity contribution < 1.29 is 74.7 Å². The Balaban J connectivity index is 1.50. The van der Waals surface area contributed by atoms with Gasteiger partial charge < -0.3 is 74.7 Å². The first-order valence-corrected chi connectivity index (χ1v) is 13.0. The SMILES string of the molecule is OCC1O[C@@H](OC2=Cc3c(O)cc(O)cc3OC2c2ccc(O)cc2)C(O[C@@H]2OC(CO)[C@@H](O)C(O)[C@H]2O)C(O)[C@@H]1O. The highest BCUT2D eigenvalue weighted by molar-refractivity contribution is 5.69. The van der Waals surface area contributed by atoms with Crippen LogP contribution < -0.4 is 4.74 Å². The molecule has 2 saturated heterocycles. The molecule has 0 bridgehead atoms. The van der Waals surface area contributed by atoms with E-state index in [2.05, 4.69) is 0 Å². The lowest BCUT2D eigenvalue weighted by Gasteiger charge is -2.46. The van der Waals surface area contributed by atoms with Crippen molar-refractivity contribution in [3.05, 3.63) is 53.3 Å². The maximum Gasteiger partial charge on any atom is 0.229 e. The fraction of sp³-hybridized carbons (Fsp3) is 0.481. The van der Waals surface area contributed by atoms with Crippen LogP contribution in [0.2, 0.25) is 0 Å². The Morgan fingerprint density at radius 3 is 1.95 bits per heavy atom. The lowest BCUT2D eigenvalue weighted by Crippen LogP contribution is -2.64. The molecule has 6 unspecified atom stereocenters. The van der Waals surface area contributed by atoms with Crippen molar-refractivity contribution >= 4 is 6.08 Å². The van der Waals surface area contributed by atoms with E-state index < -0.39 is 80.7 Å². The first-order valence-electron chi connectivity index (χ1n) is 13.0. The third-order valence-electron chi connectivity index (χ3n) is 7.31. The highest BCUT2D eigenvalue weighted by Crippen LogP contribution is 2.45. The van der Waals surface area contributed by atoms with Crippen molar-refractivity contribution in [3.63, 3.8) is 0 Å². The smallest absolute Gasteiger partial charge is 0.229 e. The van der Waals surface area contributed by atoms with Gasteiger partial charge in [0.15, 0.2) is 18.5 Å². The van der Waals surface area contributed by atoms with Gasteiger partial charge in [0.05, 0.1) is 18.8 Å². The van der Waals surface area contributed by atoms with Crippen LogP contribution in [0.5, 0.6) is 23.0 Å². The van der Waals surface area contributed by atoms with Crippen LogP contribution in [0.1, 0.15) is 17.2 Å². The number of phenolic OH excluding ortho intramolecular Hbond substituents is 3. The van der Waals surface area contributed by atoms with Crippen LogP contribution in [-0.2, 0) is 18.9 Å². The molecule has 2 aromatic rings. The Bertz CT molecular complexity index is 1270. The molecule has 15 heteroatoms. The fourth-order valence-corrected chi connectivity index (χ4v) is 4.99. The number of benzene rings is 2. The molecule has 3 aliphatic rings. The third kappa shape index (κ3) is 5.71. The summed E-state index contributed by atoms with van der Waals surface area (Å²) < 4.78 is 28.9. The first kappa shape index (κ1) is 30.2. The maximum atomic E-state index is 11.0. The van der Waals surface area contributed by atoms with Gasteiger partial charge in [0.1, 0.15) is 71.5 Å². The molecule has 10 N–H and O–H groups in total. The lowest BCUT2D eigenvalue weighted by atomic mass is 9.97. The fourth-order valence-electron chi connectivity index (χ4n) is 4.99. The molecular formula is C27H32O15. The van der Waals surface area contributed by atoms with Crippen LogP contribution in [0.15, 0.2) is 42.2 Å². The van der Waals surface area contributed by atoms with E-state index in [4.69, 9.17) is 23.7 Å². The zero-order valence-electron chi connectivity index (χ0n) is 21.8. The number of hydrogen-bond acceptors (Lipinski definition) is 15. The molecule has 0 aliphatic carbocycles. The van der Waals surface area contributed by atoms with Crippen molar-refractivity contribution in [2.45, 2.75) is 67.5 Å². The standard InChI is InChI=1S/C27H32O15/c28-8-17-19(33)21(35)23(37)26(40-17)42-25-22(36)20(34)18(9-29)41-27(25)39-16-7-13-14(32)5-12(31)6-15(13)38-24(16)10-1-3-11(30)4-2-10/h1-7,17-37H,8-9H2/t17?,18?,19-,20-,21?,22?,23-,24?,25?,26+,27-/m1/s1. The van der Waals surface area contributed by atoms with E-state index in [0.29, 0.717) is 5.56 Å². The Kier molecular flexibility index (Phi) is 8.77. The van der Waals surface area contributed by atoms with E-state index in [1.165, 1.54) is 36.4 Å². The summed E-state index contributed by atoms with van der Waals surface area (Å²) in [7, 11) is 0. The van der Waals surface area contributed by atoms with Gasteiger partial charge in [-0.2, -0.15) is 0 Å². The van der Waals surface area contributed by atoms with Gasteiger partial charge in [-0.3, -0.25) is 0 Å². The van der Waals surface area contributed by atoms with Crippen LogP contribution >= 0.6 is 0 Å². The van der Waals surface area contributed by atoms with Crippen LogP contribution in [0.25, 0.3) is 6.08 Å². The molecule has 0 spiro atoms. The number of aromatic hydroxyl groups is 3. The number of ether oxygens (including phenoxy) is 5. The minimum Gasteiger partial charge on any atom is -0.508 e. The quantitative estimate of drug-likeness (QED) is 0.165. The average Bonchev–Trinajstić information content (AvgIpc) is 2.97. The zero-order chi connectivity index (χ0) is 30.3. The third-order valence-corrected chi connectivity index (χ3v) is 7.31. The number of fused-ring (bicyclic) bond motifs is 1. The average molecular weight is 597 g/mol. The molecule has 2 aromatic carbocycles. The van der Waals surface area contributed by atoms with E-state index in [1.54, 1.807) is 0 Å². The van der Waals surface area contributed by atoms with E-state index in [-0.39, 0.29) is 34.3 Å². The summed E-state index contributed by atoms with van der Waals surface area (Å²) in [6, 6.07) is 8.14. The van der Waals surface area contributed by atoms with Crippen molar-refractivity contribution in [3.8, 4) is 23.0 Å². The van der Waals surface area contributed by atoms with Crippen LogP contribution in [0, 0.1) is 0 Å². The summed E-state index contributed by atoms with van der Waals surface area (Å²) in [6.45, 7) is -1.49. The van der Waals surface area contributed by atoms with E-state index in [0.717, 1.165) is 6.07 Å². The molecular weight excluding hydrogens is 564 g/mol. The molecule has 0 amide bonds. The van der Waals surface area contributed by atoms with Gasteiger partial charge in [0.25, 0.3) is 0 Å². The molecule has 0 saturated carbocycles. The van der Waals surface area contributed by atoms with Gasteiger partial charge in [0, 0.05) is 17.7 Å². The first-order chi connectivity index (χ1) is 20.0. The highest BCUT2D eigenvalue weighted by atomic mass is 16.8. The molecule has 3 aliphatic heterocycles.